The molecule has 0 atom stereocenters. The zero-order valence-electron chi connectivity index (χ0n) is 8.92. The number of nitrogens with zero attached hydrogens (tertiary/aromatic N) is 2. The fraction of sp³-hybridized carbons (Fsp3) is 0.800. The van der Waals surface area contributed by atoms with Crippen LogP contribution in [0, 0.1) is 0 Å². The van der Waals surface area contributed by atoms with Crippen LogP contribution in [0.4, 0.5) is 0 Å². The summed E-state index contributed by atoms with van der Waals surface area (Å²) in [7, 11) is 0. The first-order valence-electron chi connectivity index (χ1n) is 4.93. The van der Waals surface area contributed by atoms with E-state index in [1.54, 1.807) is 0 Å². The number of carbonyl (C=O) groups is 1. The summed E-state index contributed by atoms with van der Waals surface area (Å²) in [6.45, 7) is 8.83. The van der Waals surface area contributed by atoms with Crippen molar-refractivity contribution >= 4 is 11.6 Å². The van der Waals surface area contributed by atoms with Crippen molar-refractivity contribution in [2.24, 2.45) is 4.99 Å². The molecule has 0 saturated carbocycles. The lowest BCUT2D eigenvalue weighted by Crippen LogP contribution is -2.42. The Morgan fingerprint density at radius 2 is 2.00 bits per heavy atom. The third kappa shape index (κ3) is 1.74. The highest BCUT2D eigenvalue weighted by atomic mass is 16.2. The normalized spacial score (nSPS) is 20.8. The molecule has 3 heteroatoms. The fourth-order valence-corrected chi connectivity index (χ4v) is 1.67. The van der Waals surface area contributed by atoms with Gasteiger partial charge in [-0.3, -0.25) is 9.79 Å². The van der Waals surface area contributed by atoms with E-state index in [9.17, 15) is 4.79 Å². The average molecular weight is 182 g/mol. The molecule has 0 spiro atoms. The van der Waals surface area contributed by atoms with Crippen LogP contribution in [0.15, 0.2) is 4.99 Å². The van der Waals surface area contributed by atoms with Crippen molar-refractivity contribution in [1.82, 2.24) is 4.90 Å². The average Bonchev–Trinajstić information content (AvgIpc) is 2.28. The molecular weight excluding hydrogens is 164 g/mol. The van der Waals surface area contributed by atoms with Crippen LogP contribution in [0.2, 0.25) is 0 Å². The molecular formula is C10H18N2O. The van der Waals surface area contributed by atoms with E-state index < -0.39 is 0 Å². The SMILES string of the molecule is CCCN1C(=O)C(CC)=NC1(C)C. The Labute approximate surface area is 79.8 Å². The molecule has 0 fully saturated rings. The van der Waals surface area contributed by atoms with E-state index >= 15 is 0 Å². The highest BCUT2D eigenvalue weighted by Crippen LogP contribution is 2.24. The summed E-state index contributed by atoms with van der Waals surface area (Å²) in [6, 6.07) is 0. The van der Waals surface area contributed by atoms with Crippen molar-refractivity contribution in [2.75, 3.05) is 6.54 Å². The zero-order valence-corrected chi connectivity index (χ0v) is 8.92. The lowest BCUT2D eigenvalue weighted by atomic mass is 10.2. The highest BCUT2D eigenvalue weighted by Gasteiger charge is 2.37. The van der Waals surface area contributed by atoms with Gasteiger partial charge in [-0.15, -0.1) is 0 Å². The number of hydrogen-bond donors (Lipinski definition) is 0. The van der Waals surface area contributed by atoms with E-state index in [0.717, 1.165) is 25.1 Å². The molecule has 0 N–H and O–H groups in total. The van der Waals surface area contributed by atoms with E-state index in [1.807, 2.05) is 25.7 Å². The molecule has 1 aliphatic heterocycles. The molecule has 0 saturated heterocycles. The van der Waals surface area contributed by atoms with Crippen molar-refractivity contribution in [3.05, 3.63) is 0 Å². The van der Waals surface area contributed by atoms with E-state index in [4.69, 9.17) is 0 Å². The number of amides is 1. The lowest BCUT2D eigenvalue weighted by Gasteiger charge is -2.29. The van der Waals surface area contributed by atoms with Crippen molar-refractivity contribution in [2.45, 2.75) is 46.2 Å². The molecule has 1 rings (SSSR count). The summed E-state index contributed by atoms with van der Waals surface area (Å²) in [5, 5.41) is 0. The van der Waals surface area contributed by atoms with Crippen molar-refractivity contribution in [3.63, 3.8) is 0 Å². The lowest BCUT2D eigenvalue weighted by molar-refractivity contribution is -0.126. The smallest absolute Gasteiger partial charge is 0.269 e. The molecule has 0 radical (unpaired) electrons. The second-order valence-electron chi connectivity index (χ2n) is 3.86. The van der Waals surface area contributed by atoms with Gasteiger partial charge in [0.05, 0.1) is 0 Å². The largest absolute Gasteiger partial charge is 0.313 e. The van der Waals surface area contributed by atoms with Gasteiger partial charge in [0, 0.05) is 6.54 Å². The van der Waals surface area contributed by atoms with Crippen LogP contribution in [0.3, 0.4) is 0 Å². The van der Waals surface area contributed by atoms with Gasteiger partial charge in [-0.05, 0) is 26.7 Å². The van der Waals surface area contributed by atoms with E-state index in [0.29, 0.717) is 0 Å². The molecule has 0 aromatic rings. The van der Waals surface area contributed by atoms with E-state index in [1.165, 1.54) is 0 Å². The minimum Gasteiger partial charge on any atom is -0.313 e. The fourth-order valence-electron chi connectivity index (χ4n) is 1.67. The predicted octanol–water partition coefficient (Wildman–Crippen LogP) is 1.83. The molecule has 0 unspecified atom stereocenters. The predicted molar refractivity (Wildman–Crippen MR) is 53.8 cm³/mol. The Morgan fingerprint density at radius 3 is 2.38 bits per heavy atom. The molecule has 3 nitrogen and oxygen atoms in total. The van der Waals surface area contributed by atoms with Gasteiger partial charge in [-0.1, -0.05) is 13.8 Å². The first-order chi connectivity index (χ1) is 6.03. The van der Waals surface area contributed by atoms with Crippen LogP contribution in [0.5, 0.6) is 0 Å². The molecule has 0 aliphatic carbocycles. The van der Waals surface area contributed by atoms with Gasteiger partial charge in [-0.25, -0.2) is 0 Å². The van der Waals surface area contributed by atoms with Crippen molar-refractivity contribution in [3.8, 4) is 0 Å². The number of rotatable bonds is 3. The first kappa shape index (κ1) is 10.2. The first-order valence-corrected chi connectivity index (χ1v) is 4.93. The van der Waals surface area contributed by atoms with Crippen molar-refractivity contribution < 1.29 is 4.79 Å². The minimum atomic E-state index is -0.321. The Hall–Kier alpha value is -0.860. The zero-order chi connectivity index (χ0) is 10.1. The summed E-state index contributed by atoms with van der Waals surface area (Å²) in [6.07, 6.45) is 1.73. The maximum atomic E-state index is 11.7. The summed E-state index contributed by atoms with van der Waals surface area (Å²) in [4.78, 5) is 18.0. The Bertz CT molecular complexity index is 243. The molecule has 1 heterocycles. The quantitative estimate of drug-likeness (QED) is 0.655. The summed E-state index contributed by atoms with van der Waals surface area (Å²) >= 11 is 0. The van der Waals surface area contributed by atoms with Crippen LogP contribution in [-0.2, 0) is 4.79 Å². The van der Waals surface area contributed by atoms with Gasteiger partial charge in [0.2, 0.25) is 0 Å². The van der Waals surface area contributed by atoms with Gasteiger partial charge in [-0.2, -0.15) is 0 Å². The minimum absolute atomic E-state index is 0.120. The third-order valence-electron chi connectivity index (χ3n) is 2.34. The topological polar surface area (TPSA) is 32.7 Å². The molecule has 1 aliphatic rings. The van der Waals surface area contributed by atoms with Crippen LogP contribution in [-0.4, -0.2) is 28.7 Å². The number of carbonyl (C=O) groups excluding carboxylic acids is 1. The summed E-state index contributed by atoms with van der Waals surface area (Å²) in [5.41, 5.74) is 0.400. The second kappa shape index (κ2) is 3.48. The standard InChI is InChI=1S/C10H18N2O/c1-5-7-12-9(13)8(6-2)11-10(12,3)4/h5-7H2,1-4H3. The third-order valence-corrected chi connectivity index (χ3v) is 2.34. The second-order valence-corrected chi connectivity index (χ2v) is 3.86. The monoisotopic (exact) mass is 182 g/mol. The Balaban J connectivity index is 2.85. The Kier molecular flexibility index (Phi) is 2.74. The van der Waals surface area contributed by atoms with E-state index in [2.05, 4.69) is 11.9 Å². The number of aliphatic imine (C=N–C) groups is 1. The molecule has 0 aromatic heterocycles. The summed E-state index contributed by atoms with van der Waals surface area (Å²) in [5.74, 6) is 0.120. The van der Waals surface area contributed by atoms with Crippen LogP contribution in [0.25, 0.3) is 0 Å². The van der Waals surface area contributed by atoms with Gasteiger partial charge >= 0.3 is 0 Å². The van der Waals surface area contributed by atoms with Crippen LogP contribution < -0.4 is 0 Å². The van der Waals surface area contributed by atoms with Gasteiger partial charge < -0.3 is 4.90 Å². The molecule has 13 heavy (non-hydrogen) atoms. The highest BCUT2D eigenvalue weighted by molar-refractivity contribution is 6.40. The van der Waals surface area contributed by atoms with Gasteiger partial charge in [0.25, 0.3) is 5.91 Å². The maximum Gasteiger partial charge on any atom is 0.269 e. The Morgan fingerprint density at radius 1 is 1.38 bits per heavy atom. The van der Waals surface area contributed by atoms with Gasteiger partial charge in [0.1, 0.15) is 11.4 Å². The molecule has 74 valence electrons. The molecule has 0 bridgehead atoms. The summed E-state index contributed by atoms with van der Waals surface area (Å²) < 4.78 is 0. The van der Waals surface area contributed by atoms with Gasteiger partial charge in [0.15, 0.2) is 0 Å². The van der Waals surface area contributed by atoms with E-state index in [-0.39, 0.29) is 11.6 Å². The maximum absolute atomic E-state index is 11.7. The number of hydrogen-bond acceptors (Lipinski definition) is 2. The molecule has 1 amide bonds. The molecule has 0 aromatic carbocycles. The van der Waals surface area contributed by atoms with Crippen LogP contribution in [0.1, 0.15) is 40.5 Å². The van der Waals surface area contributed by atoms with Crippen molar-refractivity contribution in [1.29, 1.82) is 0 Å². The van der Waals surface area contributed by atoms with Crippen LogP contribution >= 0.6 is 0 Å².